The van der Waals surface area contributed by atoms with Gasteiger partial charge >= 0.3 is 0 Å². The van der Waals surface area contributed by atoms with Crippen molar-refractivity contribution in [2.24, 2.45) is 4.99 Å². The molecule has 1 saturated carbocycles. The number of thioether (sulfide) groups is 1. The van der Waals surface area contributed by atoms with Crippen LogP contribution in [0.15, 0.2) is 29.3 Å². The summed E-state index contributed by atoms with van der Waals surface area (Å²) in [5.41, 5.74) is 0.824. The quantitative estimate of drug-likeness (QED) is 0.424. The largest absolute Gasteiger partial charge is 0.353 e. The molecule has 1 aromatic carbocycles. The summed E-state index contributed by atoms with van der Waals surface area (Å²) in [5, 5.41) is 3.52. The molecule has 6 heteroatoms. The highest BCUT2D eigenvalue weighted by atomic mass is 127. The van der Waals surface area contributed by atoms with Crippen molar-refractivity contribution < 1.29 is 4.39 Å². The van der Waals surface area contributed by atoms with Crippen molar-refractivity contribution >= 4 is 41.7 Å². The standard InChI is InChI=1S/C17H24FN3S.HI/c1-17(2)11-21(8-9-22-17)16(19-3)20-15-10-13(15)12-6-4-5-7-14(12)18;/h4-7,13,15H,8-11H2,1-3H3,(H,19,20);1H. The zero-order valence-corrected chi connectivity index (χ0v) is 17.0. The fourth-order valence-electron chi connectivity index (χ4n) is 3.13. The Labute approximate surface area is 159 Å². The molecule has 128 valence electrons. The minimum Gasteiger partial charge on any atom is -0.353 e. The minimum absolute atomic E-state index is 0. The van der Waals surface area contributed by atoms with E-state index >= 15 is 0 Å². The van der Waals surface area contributed by atoms with Gasteiger partial charge in [0.1, 0.15) is 5.82 Å². The molecule has 0 radical (unpaired) electrons. The van der Waals surface area contributed by atoms with Gasteiger partial charge in [-0.3, -0.25) is 4.99 Å². The number of guanidine groups is 1. The molecular formula is C17H25FIN3S. The molecule has 1 aromatic rings. The summed E-state index contributed by atoms with van der Waals surface area (Å²) in [6, 6.07) is 7.39. The van der Waals surface area contributed by atoms with Gasteiger partial charge in [0.2, 0.25) is 0 Å². The SMILES string of the molecule is CN=C(NC1CC1c1ccccc1F)N1CCSC(C)(C)C1.I. The summed E-state index contributed by atoms with van der Waals surface area (Å²) >= 11 is 2.01. The first-order chi connectivity index (χ1) is 10.5. The Morgan fingerprint density at radius 2 is 2.13 bits per heavy atom. The van der Waals surface area contributed by atoms with E-state index in [-0.39, 0.29) is 40.5 Å². The lowest BCUT2D eigenvalue weighted by molar-refractivity contribution is 0.375. The molecule has 1 saturated heterocycles. The summed E-state index contributed by atoms with van der Waals surface area (Å²) in [6.45, 7) is 6.56. The van der Waals surface area contributed by atoms with E-state index in [1.165, 1.54) is 0 Å². The summed E-state index contributed by atoms with van der Waals surface area (Å²) in [7, 11) is 1.83. The lowest BCUT2D eigenvalue weighted by Gasteiger charge is -2.39. The van der Waals surface area contributed by atoms with Crippen LogP contribution in [-0.2, 0) is 0 Å². The minimum atomic E-state index is -0.0951. The van der Waals surface area contributed by atoms with Gasteiger partial charge < -0.3 is 10.2 Å². The second kappa shape index (κ2) is 7.59. The van der Waals surface area contributed by atoms with Crippen LogP contribution in [0.25, 0.3) is 0 Å². The van der Waals surface area contributed by atoms with Crippen LogP contribution in [0.2, 0.25) is 0 Å². The summed E-state index contributed by atoms with van der Waals surface area (Å²) in [6.07, 6.45) is 0.978. The Kier molecular flexibility index (Phi) is 6.22. The van der Waals surface area contributed by atoms with Crippen molar-refractivity contribution in [3.63, 3.8) is 0 Å². The van der Waals surface area contributed by atoms with Crippen LogP contribution in [0.3, 0.4) is 0 Å². The maximum Gasteiger partial charge on any atom is 0.193 e. The summed E-state index contributed by atoms with van der Waals surface area (Å²) in [4.78, 5) is 6.76. The molecule has 1 aliphatic heterocycles. The van der Waals surface area contributed by atoms with Gasteiger partial charge in [-0.2, -0.15) is 11.8 Å². The highest BCUT2D eigenvalue weighted by molar-refractivity contribution is 14.0. The average molecular weight is 449 g/mol. The van der Waals surface area contributed by atoms with Gasteiger partial charge in [0, 0.05) is 42.6 Å². The fourth-order valence-corrected chi connectivity index (χ4v) is 4.25. The Morgan fingerprint density at radius 3 is 2.78 bits per heavy atom. The molecule has 0 amide bonds. The van der Waals surface area contributed by atoms with Gasteiger partial charge in [-0.05, 0) is 31.9 Å². The van der Waals surface area contributed by atoms with E-state index in [1.54, 1.807) is 12.1 Å². The second-order valence-electron chi connectivity index (χ2n) is 6.69. The number of rotatable bonds is 2. The molecule has 2 atom stereocenters. The number of hydrogen-bond donors (Lipinski definition) is 1. The Morgan fingerprint density at radius 1 is 1.39 bits per heavy atom. The lowest BCUT2D eigenvalue weighted by Crippen LogP contribution is -2.51. The number of hydrogen-bond acceptors (Lipinski definition) is 2. The van der Waals surface area contributed by atoms with E-state index in [0.717, 1.165) is 36.8 Å². The predicted octanol–water partition coefficient (Wildman–Crippen LogP) is 3.70. The Hall–Kier alpha value is -0.500. The van der Waals surface area contributed by atoms with Gasteiger partial charge in [-0.1, -0.05) is 18.2 Å². The molecule has 0 bridgehead atoms. The van der Waals surface area contributed by atoms with Crippen molar-refractivity contribution in [3.05, 3.63) is 35.6 Å². The molecule has 0 aromatic heterocycles. The average Bonchev–Trinajstić information content (AvgIpc) is 3.23. The van der Waals surface area contributed by atoms with Crippen LogP contribution in [-0.4, -0.2) is 47.5 Å². The number of benzene rings is 1. The van der Waals surface area contributed by atoms with Gasteiger partial charge in [0.25, 0.3) is 0 Å². The molecule has 0 spiro atoms. The molecule has 2 aliphatic rings. The molecule has 1 N–H and O–H groups in total. The predicted molar refractivity (Wildman–Crippen MR) is 108 cm³/mol. The van der Waals surface area contributed by atoms with E-state index in [4.69, 9.17) is 0 Å². The number of nitrogens with zero attached hydrogens (tertiary/aromatic N) is 2. The van der Waals surface area contributed by atoms with Crippen LogP contribution in [0.4, 0.5) is 4.39 Å². The molecule has 2 unspecified atom stereocenters. The lowest BCUT2D eigenvalue weighted by atomic mass is 10.1. The first kappa shape index (κ1) is 18.8. The number of nitrogens with one attached hydrogen (secondary N) is 1. The van der Waals surface area contributed by atoms with Crippen molar-refractivity contribution in [3.8, 4) is 0 Å². The highest BCUT2D eigenvalue weighted by Gasteiger charge is 2.41. The summed E-state index contributed by atoms with van der Waals surface area (Å²) in [5.74, 6) is 2.25. The number of aliphatic imine (C=N–C) groups is 1. The fraction of sp³-hybridized carbons (Fsp3) is 0.588. The first-order valence-corrected chi connectivity index (χ1v) is 8.85. The van der Waals surface area contributed by atoms with Gasteiger partial charge in [-0.15, -0.1) is 24.0 Å². The molecule has 23 heavy (non-hydrogen) atoms. The Balaban J connectivity index is 0.00000192. The van der Waals surface area contributed by atoms with Crippen LogP contribution >= 0.6 is 35.7 Å². The molecule has 3 nitrogen and oxygen atoms in total. The van der Waals surface area contributed by atoms with Gasteiger partial charge in [0.05, 0.1) is 0 Å². The number of halogens is 2. The molecule has 1 aliphatic carbocycles. The topological polar surface area (TPSA) is 27.6 Å². The van der Waals surface area contributed by atoms with E-state index in [2.05, 4.69) is 29.1 Å². The van der Waals surface area contributed by atoms with Crippen LogP contribution in [0, 0.1) is 5.82 Å². The molecule has 3 rings (SSSR count). The third-order valence-electron chi connectivity index (χ3n) is 4.35. The smallest absolute Gasteiger partial charge is 0.193 e. The highest BCUT2D eigenvalue weighted by Crippen LogP contribution is 2.42. The van der Waals surface area contributed by atoms with Crippen LogP contribution in [0.5, 0.6) is 0 Å². The molecule has 1 heterocycles. The van der Waals surface area contributed by atoms with Crippen molar-refractivity contribution in [1.82, 2.24) is 10.2 Å². The zero-order chi connectivity index (χ0) is 15.7. The van der Waals surface area contributed by atoms with E-state index in [9.17, 15) is 4.39 Å². The summed E-state index contributed by atoms with van der Waals surface area (Å²) < 4.78 is 14.1. The monoisotopic (exact) mass is 449 g/mol. The van der Waals surface area contributed by atoms with Crippen LogP contribution in [0.1, 0.15) is 31.7 Å². The first-order valence-electron chi connectivity index (χ1n) is 7.87. The molecule has 2 fully saturated rings. The van der Waals surface area contributed by atoms with Crippen molar-refractivity contribution in [1.29, 1.82) is 0 Å². The third-order valence-corrected chi connectivity index (χ3v) is 5.64. The molecular weight excluding hydrogens is 424 g/mol. The van der Waals surface area contributed by atoms with E-state index < -0.39 is 0 Å². The second-order valence-corrected chi connectivity index (χ2v) is 8.49. The maximum absolute atomic E-state index is 13.9. The van der Waals surface area contributed by atoms with E-state index in [1.807, 2.05) is 30.9 Å². The van der Waals surface area contributed by atoms with Crippen LogP contribution < -0.4 is 5.32 Å². The maximum atomic E-state index is 13.9. The Bertz CT molecular complexity index is 579. The van der Waals surface area contributed by atoms with Gasteiger partial charge in [0.15, 0.2) is 5.96 Å². The zero-order valence-electron chi connectivity index (χ0n) is 13.9. The third kappa shape index (κ3) is 4.53. The van der Waals surface area contributed by atoms with Crippen molar-refractivity contribution in [2.75, 3.05) is 25.9 Å². The van der Waals surface area contributed by atoms with Gasteiger partial charge in [-0.25, -0.2) is 4.39 Å². The van der Waals surface area contributed by atoms with E-state index in [0.29, 0.717) is 6.04 Å². The van der Waals surface area contributed by atoms with Crippen molar-refractivity contribution in [2.45, 2.75) is 37.0 Å². The normalized spacial score (nSPS) is 26.4.